The average Bonchev–Trinajstić information content (AvgIpc) is 3.39. The molecule has 0 aromatic heterocycles. The first kappa shape index (κ1) is 20.4. The summed E-state index contributed by atoms with van der Waals surface area (Å²) < 4.78 is 0. The van der Waals surface area contributed by atoms with Gasteiger partial charge in [0.15, 0.2) is 5.78 Å². The van der Waals surface area contributed by atoms with Crippen LogP contribution in [0.1, 0.15) is 36.5 Å². The van der Waals surface area contributed by atoms with Crippen molar-refractivity contribution in [1.29, 1.82) is 0 Å². The predicted molar refractivity (Wildman–Crippen MR) is 118 cm³/mol. The van der Waals surface area contributed by atoms with Crippen molar-refractivity contribution < 1.29 is 14.4 Å². The van der Waals surface area contributed by atoms with E-state index in [1.165, 1.54) is 19.8 Å². The number of benzene rings is 2. The van der Waals surface area contributed by atoms with Crippen molar-refractivity contribution in [3.63, 3.8) is 0 Å². The first-order valence-corrected chi connectivity index (χ1v) is 10.6. The summed E-state index contributed by atoms with van der Waals surface area (Å²) in [6.07, 6.45) is 2.56. The van der Waals surface area contributed by atoms with Crippen molar-refractivity contribution in [2.45, 2.75) is 26.2 Å². The second-order valence-corrected chi connectivity index (χ2v) is 8.26. The van der Waals surface area contributed by atoms with Crippen LogP contribution in [-0.4, -0.2) is 37.2 Å². The van der Waals surface area contributed by atoms with E-state index >= 15 is 0 Å². The van der Waals surface area contributed by atoms with Gasteiger partial charge in [-0.1, -0.05) is 11.6 Å². The number of carbonyl (C=O) groups is 3. The topological polar surface area (TPSA) is 69.7 Å². The van der Waals surface area contributed by atoms with E-state index in [9.17, 15) is 14.4 Å². The van der Waals surface area contributed by atoms with Crippen molar-refractivity contribution in [1.82, 2.24) is 0 Å². The molecule has 0 aliphatic carbocycles. The molecule has 0 bridgehead atoms. The second kappa shape index (κ2) is 8.48. The lowest BCUT2D eigenvalue weighted by Gasteiger charge is -2.20. The summed E-state index contributed by atoms with van der Waals surface area (Å²) in [5, 5.41) is 3.13. The number of ketones is 1. The minimum Gasteiger partial charge on any atom is -0.372 e. The number of rotatable bonds is 5. The largest absolute Gasteiger partial charge is 0.372 e. The van der Waals surface area contributed by atoms with Gasteiger partial charge in [0.1, 0.15) is 0 Å². The molecule has 1 N–H and O–H groups in total. The molecule has 0 radical (unpaired) electrons. The van der Waals surface area contributed by atoms with Gasteiger partial charge >= 0.3 is 0 Å². The van der Waals surface area contributed by atoms with Crippen LogP contribution in [0.4, 0.5) is 17.1 Å². The number of amides is 2. The molecule has 2 aliphatic heterocycles. The smallest absolute Gasteiger partial charge is 0.229 e. The first-order chi connectivity index (χ1) is 14.4. The number of hydrogen-bond acceptors (Lipinski definition) is 4. The quantitative estimate of drug-likeness (QED) is 0.731. The van der Waals surface area contributed by atoms with E-state index < -0.39 is 5.92 Å². The van der Waals surface area contributed by atoms with Gasteiger partial charge < -0.3 is 15.1 Å². The third-order valence-electron chi connectivity index (χ3n) is 5.76. The average molecular weight is 426 g/mol. The lowest BCUT2D eigenvalue weighted by atomic mass is 10.1. The minimum atomic E-state index is -0.479. The predicted octanol–water partition coefficient (Wildman–Crippen LogP) is 4.13. The number of anilines is 3. The number of nitrogens with one attached hydrogen (secondary N) is 1. The maximum Gasteiger partial charge on any atom is 0.229 e. The Morgan fingerprint density at radius 2 is 1.70 bits per heavy atom. The molecule has 2 aliphatic rings. The third-order valence-corrected chi connectivity index (χ3v) is 6.09. The molecular weight excluding hydrogens is 402 g/mol. The van der Waals surface area contributed by atoms with Crippen molar-refractivity contribution in [2.24, 2.45) is 5.92 Å². The van der Waals surface area contributed by atoms with Crippen LogP contribution < -0.4 is 15.1 Å². The Kier molecular flexibility index (Phi) is 5.77. The molecule has 2 heterocycles. The van der Waals surface area contributed by atoms with Crippen LogP contribution in [0.25, 0.3) is 0 Å². The Morgan fingerprint density at radius 1 is 1.03 bits per heavy atom. The Morgan fingerprint density at radius 3 is 2.37 bits per heavy atom. The summed E-state index contributed by atoms with van der Waals surface area (Å²) in [6, 6.07) is 12.7. The molecule has 2 fully saturated rings. The Bertz CT molecular complexity index is 984. The second-order valence-electron chi connectivity index (χ2n) is 7.86. The standard InChI is InChI=1S/C23H24ClN3O3/c1-15(28)16-4-9-20(24)21(12-16)25-23(30)17-13-22(29)27(14-17)19-7-5-18(6-8-19)26-10-2-3-11-26/h4-9,12,17H,2-3,10-11,13-14H2,1H3,(H,25,30). The van der Waals surface area contributed by atoms with Gasteiger partial charge in [-0.2, -0.15) is 0 Å². The summed E-state index contributed by atoms with van der Waals surface area (Å²) in [5.74, 6) is -0.940. The molecule has 2 aromatic carbocycles. The fourth-order valence-electron chi connectivity index (χ4n) is 4.03. The molecule has 1 unspecified atom stereocenters. The highest BCUT2D eigenvalue weighted by Gasteiger charge is 2.35. The van der Waals surface area contributed by atoms with Crippen LogP contribution in [0.2, 0.25) is 5.02 Å². The highest BCUT2D eigenvalue weighted by atomic mass is 35.5. The zero-order valence-electron chi connectivity index (χ0n) is 16.9. The molecule has 0 spiro atoms. The highest BCUT2D eigenvalue weighted by molar-refractivity contribution is 6.34. The lowest BCUT2D eigenvalue weighted by molar-refractivity contribution is -0.122. The maximum atomic E-state index is 12.8. The van der Waals surface area contributed by atoms with Crippen LogP contribution in [0.15, 0.2) is 42.5 Å². The van der Waals surface area contributed by atoms with Crippen molar-refractivity contribution in [3.8, 4) is 0 Å². The van der Waals surface area contributed by atoms with E-state index in [1.807, 2.05) is 24.3 Å². The van der Waals surface area contributed by atoms with Gasteiger partial charge in [-0.15, -0.1) is 0 Å². The van der Waals surface area contributed by atoms with Crippen LogP contribution in [0.5, 0.6) is 0 Å². The number of hydrogen-bond donors (Lipinski definition) is 1. The molecule has 7 heteroatoms. The van der Waals surface area contributed by atoms with E-state index in [2.05, 4.69) is 10.2 Å². The van der Waals surface area contributed by atoms with Crippen LogP contribution in [0.3, 0.4) is 0 Å². The zero-order valence-corrected chi connectivity index (χ0v) is 17.6. The maximum absolute atomic E-state index is 12.8. The minimum absolute atomic E-state index is 0.0762. The summed E-state index contributed by atoms with van der Waals surface area (Å²) in [4.78, 5) is 40.9. The lowest BCUT2D eigenvalue weighted by Crippen LogP contribution is -2.28. The van der Waals surface area contributed by atoms with E-state index in [1.54, 1.807) is 23.1 Å². The number of nitrogens with zero attached hydrogens (tertiary/aromatic N) is 2. The Balaban J connectivity index is 1.43. The molecule has 156 valence electrons. The molecule has 2 amide bonds. The van der Waals surface area contributed by atoms with Gasteiger partial charge in [-0.25, -0.2) is 0 Å². The monoisotopic (exact) mass is 425 g/mol. The van der Waals surface area contributed by atoms with Gasteiger partial charge in [-0.05, 0) is 62.2 Å². The molecule has 6 nitrogen and oxygen atoms in total. The van der Waals surface area contributed by atoms with Crippen molar-refractivity contribution in [3.05, 3.63) is 53.1 Å². The third kappa shape index (κ3) is 4.19. The van der Waals surface area contributed by atoms with E-state index in [0.717, 1.165) is 24.5 Å². The number of halogens is 1. The molecule has 4 rings (SSSR count). The first-order valence-electron chi connectivity index (χ1n) is 10.2. The van der Waals surface area contributed by atoms with Gasteiger partial charge in [0, 0.05) is 43.0 Å². The van der Waals surface area contributed by atoms with Crippen LogP contribution in [0, 0.1) is 5.92 Å². The summed E-state index contributed by atoms with van der Waals surface area (Å²) in [6.45, 7) is 3.91. The zero-order chi connectivity index (χ0) is 21.3. The van der Waals surface area contributed by atoms with Crippen molar-refractivity contribution in [2.75, 3.05) is 34.8 Å². The van der Waals surface area contributed by atoms with Gasteiger partial charge in [0.05, 0.1) is 16.6 Å². The normalized spacial score (nSPS) is 18.7. The molecule has 2 saturated heterocycles. The summed E-state index contributed by atoms with van der Waals surface area (Å²) in [7, 11) is 0. The number of Topliss-reactive ketones (excluding diaryl/α,β-unsaturated/α-hetero) is 1. The van der Waals surface area contributed by atoms with Crippen LogP contribution in [-0.2, 0) is 9.59 Å². The van der Waals surface area contributed by atoms with Gasteiger partial charge in [-0.3, -0.25) is 14.4 Å². The molecular formula is C23H24ClN3O3. The fourth-order valence-corrected chi connectivity index (χ4v) is 4.19. The van der Waals surface area contributed by atoms with E-state index in [-0.39, 0.29) is 24.0 Å². The Hall–Kier alpha value is -2.86. The van der Waals surface area contributed by atoms with Crippen molar-refractivity contribution >= 4 is 46.3 Å². The van der Waals surface area contributed by atoms with E-state index in [0.29, 0.717) is 22.8 Å². The molecule has 30 heavy (non-hydrogen) atoms. The number of carbonyl (C=O) groups excluding carboxylic acids is 3. The van der Waals surface area contributed by atoms with Gasteiger partial charge in [0.2, 0.25) is 11.8 Å². The highest BCUT2D eigenvalue weighted by Crippen LogP contribution is 2.30. The fraction of sp³-hybridized carbons (Fsp3) is 0.348. The van der Waals surface area contributed by atoms with E-state index in [4.69, 9.17) is 11.6 Å². The Labute approximate surface area is 180 Å². The summed E-state index contributed by atoms with van der Waals surface area (Å²) in [5.41, 5.74) is 2.82. The molecule has 1 atom stereocenters. The molecule has 0 saturated carbocycles. The van der Waals surface area contributed by atoms with Crippen LogP contribution >= 0.6 is 11.6 Å². The summed E-state index contributed by atoms with van der Waals surface area (Å²) >= 11 is 6.17. The van der Waals surface area contributed by atoms with Gasteiger partial charge in [0.25, 0.3) is 0 Å². The molecule has 2 aromatic rings. The SMILES string of the molecule is CC(=O)c1ccc(Cl)c(NC(=O)C2CC(=O)N(c3ccc(N4CCCC4)cc3)C2)c1.